The highest BCUT2D eigenvalue weighted by atomic mass is 35.5. The first-order chi connectivity index (χ1) is 2.27. The topological polar surface area (TPSA) is 0 Å². The summed E-state index contributed by atoms with van der Waals surface area (Å²) in [6.07, 6.45) is 1.68. The van der Waals surface area contributed by atoms with Crippen LogP contribution < -0.4 is 0 Å². The van der Waals surface area contributed by atoms with E-state index in [1.807, 2.05) is 6.92 Å². The summed E-state index contributed by atoms with van der Waals surface area (Å²) in [6, 6.07) is 0. The largest absolute Gasteiger partial charge is 0.119 e. The maximum absolute atomic E-state index is 5.34. The van der Waals surface area contributed by atoms with Gasteiger partial charge >= 0.3 is 0 Å². The second-order valence-electron chi connectivity index (χ2n) is 0.913. The Kier molecular flexibility index (Phi) is 2.29. The lowest BCUT2D eigenvalue weighted by Crippen LogP contribution is -1.75. The van der Waals surface area contributed by atoms with E-state index in [1.165, 1.54) is 0 Å². The third-order valence-electron chi connectivity index (χ3n) is 0.325. The predicted molar refractivity (Wildman–Crippen MR) is 25.5 cm³/mol. The highest BCUT2D eigenvalue weighted by Gasteiger charge is 1.77. The van der Waals surface area contributed by atoms with Crippen molar-refractivity contribution in [1.82, 2.24) is 0 Å². The first-order valence-electron chi connectivity index (χ1n) is 1.54. The van der Waals surface area contributed by atoms with Gasteiger partial charge in [0.15, 0.2) is 0 Å². The standard InChI is InChI=1S/C4H7Cl/c1-3-4(2)5/h3-4H,1H2,2H3/t4-/m0/s1. The number of halogens is 1. The molecule has 0 saturated heterocycles. The number of rotatable bonds is 1. The molecule has 0 unspecified atom stereocenters. The molecule has 0 amide bonds. The van der Waals surface area contributed by atoms with Gasteiger partial charge in [0.25, 0.3) is 0 Å². The predicted octanol–water partition coefficient (Wildman–Crippen LogP) is 1.80. The van der Waals surface area contributed by atoms with Gasteiger partial charge in [0.1, 0.15) is 0 Å². The highest BCUT2D eigenvalue weighted by Crippen LogP contribution is 1.89. The number of hydrogen-bond donors (Lipinski definition) is 0. The van der Waals surface area contributed by atoms with E-state index in [1.54, 1.807) is 6.08 Å². The summed E-state index contributed by atoms with van der Waals surface area (Å²) < 4.78 is 0. The van der Waals surface area contributed by atoms with Crippen LogP contribution in [-0.2, 0) is 0 Å². The summed E-state index contributed by atoms with van der Waals surface area (Å²) in [5, 5.41) is 0.120. The van der Waals surface area contributed by atoms with Crippen LogP contribution in [0.5, 0.6) is 0 Å². The molecule has 1 atom stereocenters. The second-order valence-corrected chi connectivity index (χ2v) is 1.60. The molecule has 30 valence electrons. The van der Waals surface area contributed by atoms with Crippen molar-refractivity contribution in [2.45, 2.75) is 12.3 Å². The van der Waals surface area contributed by atoms with Crippen molar-refractivity contribution in [3.63, 3.8) is 0 Å². The molecule has 5 heavy (non-hydrogen) atoms. The van der Waals surface area contributed by atoms with E-state index in [4.69, 9.17) is 11.6 Å². The van der Waals surface area contributed by atoms with Gasteiger partial charge in [-0.2, -0.15) is 0 Å². The average Bonchev–Trinajstić information content (AvgIpc) is 1.38. The van der Waals surface area contributed by atoms with Crippen LogP contribution in [0.3, 0.4) is 0 Å². The molecule has 1 heteroatoms. The fourth-order valence-electron chi connectivity index (χ4n) is 0. The highest BCUT2D eigenvalue weighted by molar-refractivity contribution is 6.21. The minimum Gasteiger partial charge on any atom is -0.119 e. The summed E-state index contributed by atoms with van der Waals surface area (Å²) in [5.41, 5.74) is 0. The van der Waals surface area contributed by atoms with E-state index in [0.29, 0.717) is 0 Å². The summed E-state index contributed by atoms with van der Waals surface area (Å²) >= 11 is 5.34. The third-order valence-corrected chi connectivity index (χ3v) is 0.503. The molecule has 0 radical (unpaired) electrons. The molecule has 0 aromatic heterocycles. The zero-order valence-corrected chi connectivity index (χ0v) is 4.00. The van der Waals surface area contributed by atoms with Crippen LogP contribution in [0.15, 0.2) is 12.7 Å². The van der Waals surface area contributed by atoms with E-state index in [2.05, 4.69) is 6.58 Å². The van der Waals surface area contributed by atoms with Gasteiger partial charge < -0.3 is 0 Å². The lowest BCUT2D eigenvalue weighted by Gasteiger charge is -1.81. The molecular formula is C4H7Cl. The molecule has 0 fully saturated rings. The molecular weight excluding hydrogens is 83.5 g/mol. The molecule has 0 nitrogen and oxygen atoms in total. The van der Waals surface area contributed by atoms with Crippen molar-refractivity contribution in [3.8, 4) is 0 Å². The van der Waals surface area contributed by atoms with Gasteiger partial charge in [-0.3, -0.25) is 0 Å². The zero-order chi connectivity index (χ0) is 4.28. The van der Waals surface area contributed by atoms with Crippen LogP contribution in [0.4, 0.5) is 0 Å². The van der Waals surface area contributed by atoms with E-state index in [9.17, 15) is 0 Å². The van der Waals surface area contributed by atoms with Gasteiger partial charge in [-0.15, -0.1) is 18.2 Å². The fraction of sp³-hybridized carbons (Fsp3) is 0.500. The molecule has 0 aliphatic carbocycles. The number of allylic oxidation sites excluding steroid dienone is 1. The quantitative estimate of drug-likeness (QED) is 0.340. The fourth-order valence-corrected chi connectivity index (χ4v) is 0. The van der Waals surface area contributed by atoms with Gasteiger partial charge in [0.2, 0.25) is 0 Å². The van der Waals surface area contributed by atoms with Crippen LogP contribution in [-0.4, -0.2) is 5.38 Å². The molecule has 0 spiro atoms. The molecule has 0 bridgehead atoms. The Labute approximate surface area is 37.4 Å². The Balaban J connectivity index is 2.83. The lowest BCUT2D eigenvalue weighted by atomic mass is 10.5. The minimum absolute atomic E-state index is 0.120. The first kappa shape index (κ1) is 5.03. The Morgan fingerprint density at radius 3 is 2.20 bits per heavy atom. The SMILES string of the molecule is C=C[C@H](C)Cl. The van der Waals surface area contributed by atoms with Crippen molar-refractivity contribution >= 4 is 11.6 Å². The minimum atomic E-state index is 0.120. The maximum atomic E-state index is 5.34. The van der Waals surface area contributed by atoms with Crippen LogP contribution in [0.2, 0.25) is 0 Å². The Hall–Kier alpha value is 0.0300. The van der Waals surface area contributed by atoms with E-state index in [0.717, 1.165) is 0 Å². The normalized spacial score (nSPS) is 14.0. The van der Waals surface area contributed by atoms with Crippen LogP contribution in [0.25, 0.3) is 0 Å². The lowest BCUT2D eigenvalue weighted by molar-refractivity contribution is 1.24. The molecule has 0 rings (SSSR count). The van der Waals surface area contributed by atoms with Crippen LogP contribution >= 0.6 is 11.6 Å². The van der Waals surface area contributed by atoms with Crippen molar-refractivity contribution in [3.05, 3.63) is 12.7 Å². The van der Waals surface area contributed by atoms with Crippen LogP contribution in [0, 0.1) is 0 Å². The summed E-state index contributed by atoms with van der Waals surface area (Å²) in [6.45, 7) is 5.30. The zero-order valence-electron chi connectivity index (χ0n) is 3.24. The molecule has 0 aliphatic heterocycles. The molecule has 0 aromatic carbocycles. The van der Waals surface area contributed by atoms with Crippen LogP contribution in [0.1, 0.15) is 6.92 Å². The van der Waals surface area contributed by atoms with E-state index in [-0.39, 0.29) is 5.38 Å². The molecule has 0 aliphatic rings. The summed E-state index contributed by atoms with van der Waals surface area (Å²) in [7, 11) is 0. The van der Waals surface area contributed by atoms with E-state index >= 15 is 0 Å². The monoisotopic (exact) mass is 90.0 g/mol. The van der Waals surface area contributed by atoms with Crippen molar-refractivity contribution < 1.29 is 0 Å². The van der Waals surface area contributed by atoms with E-state index < -0.39 is 0 Å². The number of hydrogen-bond acceptors (Lipinski definition) is 0. The van der Waals surface area contributed by atoms with Gasteiger partial charge in [0.05, 0.1) is 0 Å². The molecule has 0 aromatic rings. The van der Waals surface area contributed by atoms with Crippen molar-refractivity contribution in [2.24, 2.45) is 0 Å². The molecule has 0 N–H and O–H groups in total. The Morgan fingerprint density at radius 2 is 2.20 bits per heavy atom. The van der Waals surface area contributed by atoms with Gasteiger partial charge in [-0.05, 0) is 6.92 Å². The third kappa shape index (κ3) is 4.03. The number of alkyl halides is 1. The van der Waals surface area contributed by atoms with Crippen molar-refractivity contribution in [2.75, 3.05) is 0 Å². The summed E-state index contributed by atoms with van der Waals surface area (Å²) in [4.78, 5) is 0. The Morgan fingerprint density at radius 1 is 2.00 bits per heavy atom. The maximum Gasteiger partial charge on any atom is 0.0485 e. The average molecular weight is 90.6 g/mol. The first-order valence-corrected chi connectivity index (χ1v) is 1.97. The smallest absolute Gasteiger partial charge is 0.0485 e. The molecule has 0 saturated carbocycles. The second kappa shape index (κ2) is 2.28. The van der Waals surface area contributed by atoms with Gasteiger partial charge in [-0.1, -0.05) is 6.08 Å². The van der Waals surface area contributed by atoms with Gasteiger partial charge in [0, 0.05) is 5.38 Å². The Bertz CT molecular complexity index is 30.6. The van der Waals surface area contributed by atoms with Gasteiger partial charge in [-0.25, -0.2) is 0 Å². The van der Waals surface area contributed by atoms with Crippen molar-refractivity contribution in [1.29, 1.82) is 0 Å². The summed E-state index contributed by atoms with van der Waals surface area (Å²) in [5.74, 6) is 0. The molecule has 0 heterocycles.